The van der Waals surface area contributed by atoms with Crippen LogP contribution in [0.2, 0.25) is 5.02 Å². The van der Waals surface area contributed by atoms with Crippen molar-refractivity contribution in [3.63, 3.8) is 0 Å². The van der Waals surface area contributed by atoms with Crippen LogP contribution in [0.4, 0.5) is 8.78 Å². The molecule has 0 aliphatic heterocycles. The molecule has 2 rings (SSSR count). The van der Waals surface area contributed by atoms with E-state index in [1.165, 1.54) is 10.9 Å². The van der Waals surface area contributed by atoms with Crippen molar-refractivity contribution in [2.45, 2.75) is 26.3 Å². The number of nitrogens with one attached hydrogen (secondary N) is 1. The lowest BCUT2D eigenvalue weighted by molar-refractivity contribution is 0.504. The molecule has 0 spiro atoms. The van der Waals surface area contributed by atoms with E-state index in [0.717, 1.165) is 17.4 Å². The minimum absolute atomic E-state index is 0.215. The molecule has 5 heteroatoms. The molecule has 2 aromatic rings. The van der Waals surface area contributed by atoms with E-state index in [1.807, 2.05) is 13.0 Å². The average Bonchev–Trinajstić information content (AvgIpc) is 2.89. The predicted octanol–water partition coefficient (Wildman–Crippen LogP) is 4.94. The average molecular weight is 316 g/mol. The third-order valence-corrected chi connectivity index (χ3v) is 4.70. The van der Waals surface area contributed by atoms with E-state index in [1.54, 1.807) is 11.3 Å². The fourth-order valence-electron chi connectivity index (χ4n) is 2.07. The summed E-state index contributed by atoms with van der Waals surface area (Å²) >= 11 is 7.74. The summed E-state index contributed by atoms with van der Waals surface area (Å²) in [5, 5.41) is 3.51. The summed E-state index contributed by atoms with van der Waals surface area (Å²) < 4.78 is 26.7. The highest BCUT2D eigenvalue weighted by Gasteiger charge is 2.20. The van der Waals surface area contributed by atoms with Crippen molar-refractivity contribution in [1.29, 1.82) is 0 Å². The smallest absolute Gasteiger partial charge is 0.160 e. The van der Waals surface area contributed by atoms with Crippen molar-refractivity contribution in [3.8, 4) is 0 Å². The van der Waals surface area contributed by atoms with Crippen LogP contribution in [0, 0.1) is 11.6 Å². The van der Waals surface area contributed by atoms with Crippen LogP contribution in [0.3, 0.4) is 0 Å². The second-order valence-electron chi connectivity index (χ2n) is 4.44. The highest BCUT2D eigenvalue weighted by molar-refractivity contribution is 7.12. The van der Waals surface area contributed by atoms with Gasteiger partial charge < -0.3 is 5.32 Å². The molecule has 1 N–H and O–H groups in total. The Morgan fingerprint density at radius 1 is 1.20 bits per heavy atom. The van der Waals surface area contributed by atoms with Crippen molar-refractivity contribution >= 4 is 22.9 Å². The van der Waals surface area contributed by atoms with Gasteiger partial charge in [0.1, 0.15) is 0 Å². The van der Waals surface area contributed by atoms with Crippen LogP contribution in [0.25, 0.3) is 0 Å². The molecule has 0 aliphatic rings. The fourth-order valence-corrected chi connectivity index (χ4v) is 3.37. The van der Waals surface area contributed by atoms with E-state index in [4.69, 9.17) is 11.6 Å². The summed E-state index contributed by atoms with van der Waals surface area (Å²) in [6.45, 7) is 4.76. The maximum Gasteiger partial charge on any atom is 0.160 e. The van der Waals surface area contributed by atoms with Crippen molar-refractivity contribution < 1.29 is 8.78 Å². The maximum absolute atomic E-state index is 13.5. The highest BCUT2D eigenvalue weighted by atomic mass is 35.5. The van der Waals surface area contributed by atoms with Crippen molar-refractivity contribution in [2.75, 3.05) is 6.54 Å². The normalized spacial score (nSPS) is 12.7. The van der Waals surface area contributed by atoms with Gasteiger partial charge in [0.2, 0.25) is 0 Å². The Labute approximate surface area is 126 Å². The molecule has 1 aromatic carbocycles. The highest BCUT2D eigenvalue weighted by Crippen LogP contribution is 2.33. The molecule has 0 saturated heterocycles. The zero-order valence-electron chi connectivity index (χ0n) is 11.3. The van der Waals surface area contributed by atoms with Gasteiger partial charge >= 0.3 is 0 Å². The van der Waals surface area contributed by atoms with E-state index >= 15 is 0 Å². The third-order valence-electron chi connectivity index (χ3n) is 3.07. The zero-order chi connectivity index (χ0) is 14.7. The molecule has 1 unspecified atom stereocenters. The summed E-state index contributed by atoms with van der Waals surface area (Å²) in [6, 6.07) is 6.06. The lowest BCUT2D eigenvalue weighted by Crippen LogP contribution is -2.21. The van der Waals surface area contributed by atoms with Crippen molar-refractivity contribution in [1.82, 2.24) is 5.32 Å². The Morgan fingerprint density at radius 2 is 1.90 bits per heavy atom. The van der Waals surface area contributed by atoms with Crippen LogP contribution in [-0.2, 0) is 6.42 Å². The van der Waals surface area contributed by atoms with Crippen molar-refractivity contribution in [3.05, 3.63) is 56.2 Å². The summed E-state index contributed by atoms with van der Waals surface area (Å²) in [6.07, 6.45) is 0.953. The molecular weight excluding hydrogens is 300 g/mol. The van der Waals surface area contributed by atoms with Gasteiger partial charge in [-0.1, -0.05) is 25.4 Å². The minimum Gasteiger partial charge on any atom is -0.306 e. The Kier molecular flexibility index (Phi) is 5.13. The molecule has 0 aliphatic carbocycles. The second kappa shape index (κ2) is 6.66. The Bertz CT molecular complexity index is 598. The largest absolute Gasteiger partial charge is 0.306 e. The quantitative estimate of drug-likeness (QED) is 0.770. The molecule has 0 fully saturated rings. The molecule has 0 bridgehead atoms. The summed E-state index contributed by atoms with van der Waals surface area (Å²) in [5.74, 6) is -1.80. The van der Waals surface area contributed by atoms with Crippen LogP contribution in [0.5, 0.6) is 0 Å². The fraction of sp³-hybridized carbons (Fsp3) is 0.333. The number of halogens is 3. The molecule has 1 atom stereocenters. The van der Waals surface area contributed by atoms with Crippen LogP contribution in [0.1, 0.15) is 35.2 Å². The summed E-state index contributed by atoms with van der Waals surface area (Å²) in [4.78, 5) is 2.30. The monoisotopic (exact) mass is 315 g/mol. The van der Waals surface area contributed by atoms with Gasteiger partial charge in [0.05, 0.1) is 6.04 Å². The van der Waals surface area contributed by atoms with Gasteiger partial charge in [0.15, 0.2) is 11.6 Å². The third kappa shape index (κ3) is 3.19. The number of aryl methyl sites for hydroxylation is 1. The minimum atomic E-state index is -0.922. The first-order valence-corrected chi connectivity index (χ1v) is 7.72. The van der Waals surface area contributed by atoms with Gasteiger partial charge in [0.25, 0.3) is 0 Å². The first kappa shape index (κ1) is 15.4. The molecule has 0 amide bonds. The topological polar surface area (TPSA) is 12.0 Å². The molecule has 108 valence electrons. The molecule has 1 heterocycles. The number of rotatable bonds is 5. The number of hydrogen-bond acceptors (Lipinski definition) is 2. The van der Waals surface area contributed by atoms with Crippen molar-refractivity contribution in [2.24, 2.45) is 0 Å². The molecule has 1 aromatic heterocycles. The zero-order valence-corrected chi connectivity index (χ0v) is 12.9. The van der Waals surface area contributed by atoms with Crippen LogP contribution in [0.15, 0.2) is 24.3 Å². The second-order valence-corrected chi connectivity index (χ2v) is 6.04. The number of hydrogen-bond donors (Lipinski definition) is 1. The standard InChI is InChI=1S/C15H16ClF2NS/c1-3-9-5-6-14(20-9)15(19-4-2)10-7-12(17)13(18)8-11(10)16/h5-8,15,19H,3-4H2,1-2H3. The molecular formula is C15H16ClF2NS. The molecule has 0 radical (unpaired) electrons. The first-order chi connectivity index (χ1) is 9.56. The Morgan fingerprint density at radius 3 is 2.50 bits per heavy atom. The SMILES string of the molecule is CCNC(c1ccc(CC)s1)c1cc(F)c(F)cc1Cl. The van der Waals surface area contributed by atoms with Gasteiger partial charge in [-0.15, -0.1) is 11.3 Å². The van der Waals surface area contributed by atoms with Gasteiger partial charge in [-0.2, -0.15) is 0 Å². The lowest BCUT2D eigenvalue weighted by atomic mass is 10.0. The first-order valence-electron chi connectivity index (χ1n) is 6.53. The molecule has 20 heavy (non-hydrogen) atoms. The van der Waals surface area contributed by atoms with Gasteiger partial charge in [-0.3, -0.25) is 0 Å². The van der Waals surface area contributed by atoms with Crippen LogP contribution < -0.4 is 5.32 Å². The lowest BCUT2D eigenvalue weighted by Gasteiger charge is -2.18. The molecule has 1 nitrogen and oxygen atoms in total. The number of benzene rings is 1. The summed E-state index contributed by atoms with van der Waals surface area (Å²) in [5.41, 5.74) is 0.567. The van der Waals surface area contributed by atoms with Crippen LogP contribution in [-0.4, -0.2) is 6.54 Å². The van der Waals surface area contributed by atoms with Gasteiger partial charge in [-0.25, -0.2) is 8.78 Å². The van der Waals surface area contributed by atoms with E-state index < -0.39 is 11.6 Å². The van der Waals surface area contributed by atoms with E-state index in [2.05, 4.69) is 18.3 Å². The van der Waals surface area contributed by atoms with Gasteiger partial charge in [0, 0.05) is 14.8 Å². The Balaban J connectivity index is 2.45. The number of thiophene rings is 1. The van der Waals surface area contributed by atoms with Crippen LogP contribution >= 0.6 is 22.9 Å². The molecule has 0 saturated carbocycles. The maximum atomic E-state index is 13.5. The summed E-state index contributed by atoms with van der Waals surface area (Å²) in [7, 11) is 0. The Hall–Kier alpha value is -0.970. The van der Waals surface area contributed by atoms with E-state index in [0.29, 0.717) is 12.1 Å². The predicted molar refractivity (Wildman–Crippen MR) is 80.6 cm³/mol. The van der Waals surface area contributed by atoms with E-state index in [-0.39, 0.29) is 11.1 Å². The van der Waals surface area contributed by atoms with E-state index in [9.17, 15) is 8.78 Å². The van der Waals surface area contributed by atoms with Gasteiger partial charge in [-0.05, 0) is 42.8 Å².